The molecule has 1 fully saturated rings. The molecule has 3 N–H and O–H groups in total. The molecule has 0 unspecified atom stereocenters. The number of ether oxygens (including phenoxy) is 1. The summed E-state index contributed by atoms with van der Waals surface area (Å²) >= 11 is 0. The summed E-state index contributed by atoms with van der Waals surface area (Å²) in [4.78, 5) is 6.78. The predicted octanol–water partition coefficient (Wildman–Crippen LogP) is 0.965. The van der Waals surface area contributed by atoms with E-state index >= 15 is 0 Å². The first-order valence-corrected chi connectivity index (χ1v) is 11.7. The monoisotopic (exact) mass is 412 g/mol. The van der Waals surface area contributed by atoms with Crippen molar-refractivity contribution >= 4 is 15.8 Å². The van der Waals surface area contributed by atoms with Crippen LogP contribution in [0.3, 0.4) is 0 Å². The standard InChI is InChI=1S/C19H32N4O4S/c1-4-20-19(21-14-15-13-17(27-2)5-6-18(15)24)22-16-7-9-23(10-8-16)11-12-28(3,25)26/h5-6,13,16,24H,4,7-12,14H2,1-3H3,(H2,20,21,22). The first-order chi connectivity index (χ1) is 13.3. The lowest BCUT2D eigenvalue weighted by molar-refractivity contribution is 0.216. The van der Waals surface area contributed by atoms with Gasteiger partial charge in [0.25, 0.3) is 0 Å². The van der Waals surface area contributed by atoms with Gasteiger partial charge in [0.1, 0.15) is 21.3 Å². The van der Waals surface area contributed by atoms with E-state index in [1.165, 1.54) is 6.26 Å². The molecular formula is C19H32N4O4S. The molecule has 0 saturated carbocycles. The van der Waals surface area contributed by atoms with Crippen molar-refractivity contribution in [3.05, 3.63) is 23.8 Å². The number of piperidine rings is 1. The average molecular weight is 413 g/mol. The first-order valence-electron chi connectivity index (χ1n) is 9.61. The highest BCUT2D eigenvalue weighted by Gasteiger charge is 2.20. The number of phenols is 1. The second-order valence-corrected chi connectivity index (χ2v) is 9.34. The molecule has 1 heterocycles. The Bertz CT molecular complexity index is 759. The van der Waals surface area contributed by atoms with Gasteiger partial charge in [-0.15, -0.1) is 0 Å². The van der Waals surface area contributed by atoms with Crippen LogP contribution >= 0.6 is 0 Å². The summed E-state index contributed by atoms with van der Waals surface area (Å²) in [7, 11) is -1.33. The third kappa shape index (κ3) is 7.55. The highest BCUT2D eigenvalue weighted by molar-refractivity contribution is 7.90. The summed E-state index contributed by atoms with van der Waals surface area (Å²) in [6.07, 6.45) is 3.14. The number of phenolic OH excluding ortho intramolecular Hbond substituents is 1. The molecule has 1 aliphatic rings. The molecule has 8 nitrogen and oxygen atoms in total. The topological polar surface area (TPSA) is 103 Å². The smallest absolute Gasteiger partial charge is 0.191 e. The molecule has 158 valence electrons. The number of nitrogens with zero attached hydrogens (tertiary/aromatic N) is 2. The maximum Gasteiger partial charge on any atom is 0.191 e. The fraction of sp³-hybridized carbons (Fsp3) is 0.632. The van der Waals surface area contributed by atoms with Crippen LogP contribution in [0, 0.1) is 0 Å². The van der Waals surface area contributed by atoms with E-state index in [9.17, 15) is 13.5 Å². The molecule has 28 heavy (non-hydrogen) atoms. The maximum absolute atomic E-state index is 11.3. The van der Waals surface area contributed by atoms with Crippen molar-refractivity contribution in [2.45, 2.75) is 32.4 Å². The van der Waals surface area contributed by atoms with Crippen LogP contribution in [-0.4, -0.2) is 75.7 Å². The number of guanidine groups is 1. The number of likely N-dealkylation sites (tertiary alicyclic amines) is 1. The van der Waals surface area contributed by atoms with E-state index in [2.05, 4.69) is 20.5 Å². The molecule has 9 heteroatoms. The van der Waals surface area contributed by atoms with Gasteiger partial charge in [-0.1, -0.05) is 0 Å². The van der Waals surface area contributed by atoms with Crippen LogP contribution in [-0.2, 0) is 16.4 Å². The summed E-state index contributed by atoms with van der Waals surface area (Å²) in [5.41, 5.74) is 0.701. The third-order valence-electron chi connectivity index (χ3n) is 4.75. The van der Waals surface area contributed by atoms with Gasteiger partial charge in [0.2, 0.25) is 0 Å². The normalized spacial score (nSPS) is 16.8. The molecule has 0 aromatic heterocycles. The van der Waals surface area contributed by atoms with Gasteiger partial charge in [-0.2, -0.15) is 0 Å². The minimum atomic E-state index is -2.92. The van der Waals surface area contributed by atoms with Crippen molar-refractivity contribution in [3.63, 3.8) is 0 Å². The van der Waals surface area contributed by atoms with Gasteiger partial charge in [-0.3, -0.25) is 0 Å². The summed E-state index contributed by atoms with van der Waals surface area (Å²) in [6, 6.07) is 5.38. The highest BCUT2D eigenvalue weighted by atomic mass is 32.2. The van der Waals surface area contributed by atoms with Crippen molar-refractivity contribution in [2.75, 3.05) is 45.3 Å². The highest BCUT2D eigenvalue weighted by Crippen LogP contribution is 2.23. The summed E-state index contributed by atoms with van der Waals surface area (Å²) in [5, 5.41) is 16.7. The molecule has 2 rings (SSSR count). The van der Waals surface area contributed by atoms with Crippen LogP contribution in [0.25, 0.3) is 0 Å². The van der Waals surface area contributed by atoms with Gasteiger partial charge in [0.05, 0.1) is 19.4 Å². The van der Waals surface area contributed by atoms with Crippen LogP contribution in [0.5, 0.6) is 11.5 Å². The lowest BCUT2D eigenvalue weighted by atomic mass is 10.1. The largest absolute Gasteiger partial charge is 0.508 e. The van der Waals surface area contributed by atoms with Crippen molar-refractivity contribution in [3.8, 4) is 11.5 Å². The number of hydrogen-bond donors (Lipinski definition) is 3. The Morgan fingerprint density at radius 2 is 2.07 bits per heavy atom. The summed E-state index contributed by atoms with van der Waals surface area (Å²) in [5.74, 6) is 1.79. The number of rotatable bonds is 8. The predicted molar refractivity (Wildman–Crippen MR) is 112 cm³/mol. The van der Waals surface area contributed by atoms with Gasteiger partial charge in [0, 0.05) is 44.0 Å². The fourth-order valence-electron chi connectivity index (χ4n) is 3.09. The lowest BCUT2D eigenvalue weighted by Gasteiger charge is -2.32. The van der Waals surface area contributed by atoms with Gasteiger partial charge >= 0.3 is 0 Å². The Balaban J connectivity index is 1.90. The SMILES string of the molecule is CCNC(=NCc1cc(OC)ccc1O)NC1CCN(CCS(C)(=O)=O)CC1. The van der Waals surface area contributed by atoms with Gasteiger partial charge in [-0.05, 0) is 38.0 Å². The Kier molecular flexibility index (Phi) is 8.37. The van der Waals surface area contributed by atoms with Crippen LogP contribution in [0.15, 0.2) is 23.2 Å². The number of aliphatic imine (C=N–C) groups is 1. The number of sulfone groups is 1. The molecule has 0 amide bonds. The van der Waals surface area contributed by atoms with E-state index in [-0.39, 0.29) is 17.5 Å². The van der Waals surface area contributed by atoms with Crippen LogP contribution in [0.4, 0.5) is 0 Å². The molecule has 1 aromatic carbocycles. The number of benzene rings is 1. The van der Waals surface area contributed by atoms with Crippen molar-refractivity contribution in [1.82, 2.24) is 15.5 Å². The average Bonchev–Trinajstić information content (AvgIpc) is 2.66. The zero-order valence-electron chi connectivity index (χ0n) is 16.9. The zero-order valence-corrected chi connectivity index (χ0v) is 17.8. The molecule has 1 aliphatic heterocycles. The quantitative estimate of drug-likeness (QED) is 0.432. The van der Waals surface area contributed by atoms with E-state index in [4.69, 9.17) is 4.74 Å². The summed E-state index contributed by atoms with van der Waals surface area (Å²) in [6.45, 7) is 5.41. The lowest BCUT2D eigenvalue weighted by Crippen LogP contribution is -2.49. The minimum absolute atomic E-state index is 0.194. The number of aromatic hydroxyl groups is 1. The fourth-order valence-corrected chi connectivity index (χ4v) is 3.68. The van der Waals surface area contributed by atoms with E-state index in [1.54, 1.807) is 25.3 Å². The number of nitrogens with one attached hydrogen (secondary N) is 2. The Morgan fingerprint density at radius 1 is 1.36 bits per heavy atom. The van der Waals surface area contributed by atoms with E-state index < -0.39 is 9.84 Å². The van der Waals surface area contributed by atoms with Crippen molar-refractivity contribution in [1.29, 1.82) is 0 Å². The Morgan fingerprint density at radius 3 is 2.68 bits per heavy atom. The van der Waals surface area contributed by atoms with Crippen molar-refractivity contribution < 1.29 is 18.3 Å². The molecule has 0 atom stereocenters. The second-order valence-electron chi connectivity index (χ2n) is 7.08. The van der Waals surface area contributed by atoms with Crippen LogP contribution < -0.4 is 15.4 Å². The van der Waals surface area contributed by atoms with Gasteiger partial charge in [-0.25, -0.2) is 13.4 Å². The van der Waals surface area contributed by atoms with Gasteiger partial charge in [0.15, 0.2) is 5.96 Å². The van der Waals surface area contributed by atoms with E-state index in [0.717, 1.165) is 32.5 Å². The first kappa shape index (κ1) is 22.3. The second kappa shape index (κ2) is 10.5. The number of methoxy groups -OCH3 is 1. The third-order valence-corrected chi connectivity index (χ3v) is 5.67. The molecule has 1 aromatic rings. The zero-order chi connectivity index (χ0) is 20.6. The molecule has 0 radical (unpaired) electrons. The maximum atomic E-state index is 11.3. The molecule has 0 aliphatic carbocycles. The molecule has 1 saturated heterocycles. The molecular weight excluding hydrogens is 380 g/mol. The molecule has 0 bridgehead atoms. The van der Waals surface area contributed by atoms with E-state index in [0.29, 0.717) is 30.4 Å². The van der Waals surface area contributed by atoms with Crippen LogP contribution in [0.2, 0.25) is 0 Å². The van der Waals surface area contributed by atoms with Crippen LogP contribution in [0.1, 0.15) is 25.3 Å². The number of hydrogen-bond acceptors (Lipinski definition) is 6. The van der Waals surface area contributed by atoms with Crippen molar-refractivity contribution in [2.24, 2.45) is 4.99 Å². The van der Waals surface area contributed by atoms with E-state index in [1.807, 2.05) is 6.92 Å². The summed E-state index contributed by atoms with van der Waals surface area (Å²) < 4.78 is 27.8. The Hall–Kier alpha value is -2.00. The van der Waals surface area contributed by atoms with Gasteiger partial charge < -0.3 is 25.4 Å². The minimum Gasteiger partial charge on any atom is -0.508 e. The Labute approximate surface area is 167 Å². The molecule has 0 spiro atoms.